The van der Waals surface area contributed by atoms with Crippen LogP contribution in [0.3, 0.4) is 0 Å². The van der Waals surface area contributed by atoms with Gasteiger partial charge in [-0.3, -0.25) is 15.0 Å². The first-order chi connectivity index (χ1) is 16.2. The molecule has 3 aromatic carbocycles. The first-order valence-electron chi connectivity index (χ1n) is 10.2. The summed E-state index contributed by atoms with van der Waals surface area (Å²) in [5.41, 5.74) is 5.50. The van der Waals surface area contributed by atoms with E-state index in [4.69, 9.17) is 0 Å². The van der Waals surface area contributed by atoms with E-state index in [0.717, 1.165) is 25.7 Å². The van der Waals surface area contributed by atoms with Gasteiger partial charge in [-0.1, -0.05) is 84.6 Å². The molecule has 2 amide bonds. The molecule has 33 heavy (non-hydrogen) atoms. The van der Waals surface area contributed by atoms with E-state index < -0.39 is 0 Å². The Morgan fingerprint density at radius 1 is 0.970 bits per heavy atom. The Bertz CT molecular complexity index is 1350. The maximum Gasteiger partial charge on any atom is 0.297 e. The fourth-order valence-corrected chi connectivity index (χ4v) is 5.17. The molecule has 1 aliphatic rings. The summed E-state index contributed by atoms with van der Waals surface area (Å²) in [5, 5.41) is 1.23. The number of rotatable bonds is 6. The number of aromatic nitrogens is 1. The van der Waals surface area contributed by atoms with Crippen molar-refractivity contribution in [2.45, 2.75) is 4.34 Å². The van der Waals surface area contributed by atoms with E-state index in [-0.39, 0.29) is 23.3 Å². The van der Waals surface area contributed by atoms with Gasteiger partial charge >= 0.3 is 0 Å². The van der Waals surface area contributed by atoms with Crippen LogP contribution in [0.4, 0.5) is 0 Å². The van der Waals surface area contributed by atoms with E-state index in [0.29, 0.717) is 5.84 Å². The molecule has 0 bridgehead atoms. The Morgan fingerprint density at radius 2 is 1.67 bits per heavy atom. The molecule has 1 aromatic heterocycles. The summed E-state index contributed by atoms with van der Waals surface area (Å²) in [6, 6.07) is 26.7. The normalized spacial score (nSPS) is 14.7. The maximum atomic E-state index is 13.1. The molecule has 0 aliphatic carbocycles. The lowest BCUT2D eigenvalue weighted by molar-refractivity contribution is -0.132. The lowest BCUT2D eigenvalue weighted by atomic mass is 10.2. The predicted octanol–water partition coefficient (Wildman–Crippen LogP) is 4.75. The lowest BCUT2D eigenvalue weighted by Crippen LogP contribution is -2.48. The van der Waals surface area contributed by atoms with Crippen LogP contribution in [0.15, 0.2) is 100.0 Å². The standard InChI is InChI=1S/C25H18N4O2S2/c30-22(16-32-25-27-19-13-7-8-14-21(19)33-25)28-29-23(18-11-5-2-6-12-18)26-20(24(29)31)15-17-9-3-1-4-10-17/h1-15H,16H2,(H,28,30)/b20-15+. The number of amidine groups is 1. The molecule has 162 valence electrons. The van der Waals surface area contributed by atoms with Crippen molar-refractivity contribution in [3.63, 3.8) is 0 Å². The lowest BCUT2D eigenvalue weighted by Gasteiger charge is -2.19. The predicted molar refractivity (Wildman–Crippen MR) is 133 cm³/mol. The number of carbonyl (C=O) groups excluding carboxylic acids is 2. The van der Waals surface area contributed by atoms with Crippen LogP contribution in [0, 0.1) is 0 Å². The number of thiazole rings is 1. The average molecular weight is 471 g/mol. The van der Waals surface area contributed by atoms with Crippen molar-refractivity contribution in [1.82, 2.24) is 15.4 Å². The summed E-state index contributed by atoms with van der Waals surface area (Å²) in [7, 11) is 0. The fraction of sp³-hybridized carbons (Fsp3) is 0.0400. The molecular weight excluding hydrogens is 452 g/mol. The van der Waals surface area contributed by atoms with Gasteiger partial charge in [0.1, 0.15) is 5.70 Å². The molecule has 6 nitrogen and oxygen atoms in total. The van der Waals surface area contributed by atoms with Crippen LogP contribution in [0.5, 0.6) is 0 Å². The highest BCUT2D eigenvalue weighted by molar-refractivity contribution is 8.01. The van der Waals surface area contributed by atoms with Gasteiger partial charge in [-0.25, -0.2) is 9.98 Å². The second-order valence-corrected chi connectivity index (χ2v) is 9.41. The Kier molecular flexibility index (Phi) is 6.01. The van der Waals surface area contributed by atoms with E-state index >= 15 is 0 Å². The molecule has 2 heterocycles. The van der Waals surface area contributed by atoms with Crippen LogP contribution < -0.4 is 5.43 Å². The summed E-state index contributed by atoms with van der Waals surface area (Å²) in [6.45, 7) is 0. The van der Waals surface area contributed by atoms with Crippen molar-refractivity contribution in [2.75, 3.05) is 5.75 Å². The third-order valence-corrected chi connectivity index (χ3v) is 7.01. The first kappa shape index (κ1) is 21.1. The zero-order valence-electron chi connectivity index (χ0n) is 17.3. The minimum absolute atomic E-state index is 0.128. The number of amides is 2. The van der Waals surface area contributed by atoms with Crippen LogP contribution in [0.2, 0.25) is 0 Å². The fourth-order valence-electron chi connectivity index (χ4n) is 3.31. The van der Waals surface area contributed by atoms with Gasteiger partial charge in [0.25, 0.3) is 5.91 Å². The quantitative estimate of drug-likeness (QED) is 0.326. The van der Waals surface area contributed by atoms with Crippen molar-refractivity contribution in [3.05, 3.63) is 102 Å². The summed E-state index contributed by atoms with van der Waals surface area (Å²) in [4.78, 5) is 35.0. The highest BCUT2D eigenvalue weighted by Crippen LogP contribution is 2.29. The first-order valence-corrected chi connectivity index (χ1v) is 12.0. The number of benzene rings is 3. The molecule has 0 unspecified atom stereocenters. The number of para-hydroxylation sites is 1. The zero-order chi connectivity index (χ0) is 22.6. The molecule has 4 aromatic rings. The second kappa shape index (κ2) is 9.40. The summed E-state index contributed by atoms with van der Waals surface area (Å²) in [5.74, 6) is -0.169. The van der Waals surface area contributed by atoms with Gasteiger partial charge in [0, 0.05) is 5.56 Å². The molecule has 0 saturated heterocycles. The van der Waals surface area contributed by atoms with Crippen LogP contribution in [0.1, 0.15) is 11.1 Å². The third-order valence-electron chi connectivity index (χ3n) is 4.83. The number of fused-ring (bicyclic) bond motifs is 1. The van der Waals surface area contributed by atoms with Gasteiger partial charge in [0.05, 0.1) is 16.0 Å². The smallest absolute Gasteiger partial charge is 0.272 e. The molecule has 0 atom stereocenters. The van der Waals surface area contributed by atoms with Gasteiger partial charge in [-0.15, -0.1) is 11.3 Å². The number of thioether (sulfide) groups is 1. The minimum atomic E-state index is -0.379. The van der Waals surface area contributed by atoms with Gasteiger partial charge < -0.3 is 0 Å². The van der Waals surface area contributed by atoms with Crippen molar-refractivity contribution in [3.8, 4) is 0 Å². The Balaban J connectivity index is 1.34. The average Bonchev–Trinajstić information content (AvgIpc) is 3.40. The van der Waals surface area contributed by atoms with Crippen molar-refractivity contribution in [1.29, 1.82) is 0 Å². The molecule has 0 fully saturated rings. The van der Waals surface area contributed by atoms with Crippen molar-refractivity contribution in [2.24, 2.45) is 4.99 Å². The second-order valence-electron chi connectivity index (χ2n) is 7.15. The molecule has 0 spiro atoms. The van der Waals surface area contributed by atoms with Gasteiger partial charge in [0.2, 0.25) is 5.91 Å². The number of nitrogens with zero attached hydrogens (tertiary/aromatic N) is 3. The molecule has 8 heteroatoms. The van der Waals surface area contributed by atoms with E-state index in [1.165, 1.54) is 16.8 Å². The van der Waals surface area contributed by atoms with Crippen molar-refractivity contribution >= 4 is 57.0 Å². The Labute approximate surface area is 198 Å². The number of hydrogen-bond acceptors (Lipinski definition) is 6. The number of nitrogens with one attached hydrogen (secondary N) is 1. The van der Waals surface area contributed by atoms with Crippen LogP contribution in [-0.2, 0) is 9.59 Å². The van der Waals surface area contributed by atoms with E-state index in [2.05, 4.69) is 15.4 Å². The molecule has 1 aliphatic heterocycles. The van der Waals surface area contributed by atoms with E-state index in [1.807, 2.05) is 84.9 Å². The van der Waals surface area contributed by atoms with Crippen molar-refractivity contribution < 1.29 is 9.59 Å². The minimum Gasteiger partial charge on any atom is -0.272 e. The van der Waals surface area contributed by atoms with Gasteiger partial charge in [-0.05, 0) is 23.8 Å². The molecule has 1 N–H and O–H groups in total. The number of hydrazine groups is 1. The number of hydrogen-bond donors (Lipinski definition) is 1. The van der Waals surface area contributed by atoms with Crippen LogP contribution >= 0.6 is 23.1 Å². The van der Waals surface area contributed by atoms with E-state index in [1.54, 1.807) is 17.4 Å². The summed E-state index contributed by atoms with van der Waals surface area (Å²) >= 11 is 2.88. The van der Waals surface area contributed by atoms with E-state index in [9.17, 15) is 9.59 Å². The Morgan fingerprint density at radius 3 is 2.42 bits per heavy atom. The van der Waals surface area contributed by atoms with Gasteiger partial charge in [0.15, 0.2) is 10.2 Å². The highest BCUT2D eigenvalue weighted by Gasteiger charge is 2.32. The molecule has 0 saturated carbocycles. The molecular formula is C25H18N4O2S2. The monoisotopic (exact) mass is 470 g/mol. The topological polar surface area (TPSA) is 74.7 Å². The summed E-state index contributed by atoms with van der Waals surface area (Å²) < 4.78 is 1.88. The molecule has 0 radical (unpaired) electrons. The van der Waals surface area contributed by atoms with Crippen LogP contribution in [0.25, 0.3) is 16.3 Å². The number of carbonyl (C=O) groups is 2. The Hall–Kier alpha value is -3.75. The largest absolute Gasteiger partial charge is 0.297 e. The SMILES string of the molecule is O=C(CSc1nc2ccccc2s1)NN1C(=O)/C(=C\c2ccccc2)N=C1c1ccccc1. The third kappa shape index (κ3) is 4.72. The van der Waals surface area contributed by atoms with Gasteiger partial charge in [-0.2, -0.15) is 5.01 Å². The zero-order valence-corrected chi connectivity index (χ0v) is 19.0. The number of aliphatic imine (C=N–C) groups is 1. The van der Waals surface area contributed by atoms with Crippen LogP contribution in [-0.4, -0.2) is 33.4 Å². The maximum absolute atomic E-state index is 13.1. The highest BCUT2D eigenvalue weighted by atomic mass is 32.2. The molecule has 5 rings (SSSR count). The summed E-state index contributed by atoms with van der Waals surface area (Å²) in [6.07, 6.45) is 1.72.